The lowest BCUT2D eigenvalue weighted by Gasteiger charge is -2.24. The molecule has 1 aliphatic rings. The minimum atomic E-state index is -0.754. The smallest absolute Gasteiger partial charge is 0.338 e. The molecule has 27 heavy (non-hydrogen) atoms. The van der Waals surface area contributed by atoms with E-state index < -0.39 is 5.97 Å². The highest BCUT2D eigenvalue weighted by atomic mass is 19.1. The second-order valence-corrected chi connectivity index (χ2v) is 6.58. The molecule has 0 unspecified atom stereocenters. The number of aliphatic hydroxyl groups is 1. The highest BCUT2D eigenvalue weighted by Gasteiger charge is 2.31. The molecule has 0 aliphatic carbocycles. The van der Waals surface area contributed by atoms with Crippen LogP contribution in [-0.2, 0) is 20.9 Å². The van der Waals surface area contributed by atoms with Crippen LogP contribution < -0.4 is 4.90 Å². The molecule has 3 rings (SSSR count). The molecule has 0 saturated heterocycles. The van der Waals surface area contributed by atoms with Crippen LogP contribution in [0.3, 0.4) is 0 Å². The van der Waals surface area contributed by atoms with Gasteiger partial charge in [-0.1, -0.05) is 18.2 Å². The number of methoxy groups -OCH3 is 1. The molecule has 6 heteroatoms. The third-order valence-corrected chi connectivity index (χ3v) is 4.62. The Bertz CT molecular complexity index is 965. The van der Waals surface area contributed by atoms with Crippen LogP contribution in [0.5, 0.6) is 0 Å². The van der Waals surface area contributed by atoms with Gasteiger partial charge in [-0.15, -0.1) is 0 Å². The van der Waals surface area contributed by atoms with Gasteiger partial charge < -0.3 is 14.7 Å². The van der Waals surface area contributed by atoms with Crippen LogP contribution in [0.25, 0.3) is 5.76 Å². The Balaban J connectivity index is 2.10. The fourth-order valence-corrected chi connectivity index (χ4v) is 3.08. The molecule has 0 saturated carbocycles. The number of aryl methyl sites for hydroxylation is 2. The lowest BCUT2D eigenvalue weighted by Crippen LogP contribution is -2.30. The van der Waals surface area contributed by atoms with Gasteiger partial charge in [0.1, 0.15) is 11.6 Å². The van der Waals surface area contributed by atoms with Gasteiger partial charge in [0.05, 0.1) is 31.3 Å². The molecule has 0 radical (unpaired) electrons. The van der Waals surface area contributed by atoms with E-state index in [2.05, 4.69) is 0 Å². The molecule has 0 bridgehead atoms. The molecule has 0 aromatic heterocycles. The summed E-state index contributed by atoms with van der Waals surface area (Å²) < 4.78 is 18.6. The molecule has 5 nitrogen and oxygen atoms in total. The third kappa shape index (κ3) is 3.56. The number of carbonyl (C=O) groups is 2. The number of amides is 1. The molecule has 0 spiro atoms. The number of rotatable bonds is 3. The van der Waals surface area contributed by atoms with Gasteiger partial charge in [-0.25, -0.2) is 9.18 Å². The van der Waals surface area contributed by atoms with Crippen LogP contribution in [0.2, 0.25) is 0 Å². The summed E-state index contributed by atoms with van der Waals surface area (Å²) >= 11 is 0. The van der Waals surface area contributed by atoms with Crippen LogP contribution in [-0.4, -0.2) is 24.1 Å². The van der Waals surface area contributed by atoms with E-state index in [0.29, 0.717) is 22.4 Å². The van der Waals surface area contributed by atoms with E-state index in [4.69, 9.17) is 4.74 Å². The van der Waals surface area contributed by atoms with Crippen LogP contribution in [0.1, 0.15) is 28.7 Å². The molecule has 2 aromatic carbocycles. The van der Waals surface area contributed by atoms with Crippen molar-refractivity contribution in [3.63, 3.8) is 0 Å². The maximum absolute atomic E-state index is 13.9. The number of hydrogen-bond donors (Lipinski definition) is 1. The lowest BCUT2D eigenvalue weighted by atomic mass is 10.0. The number of ether oxygens (including phenoxy) is 1. The molecule has 1 N–H and O–H groups in total. The van der Waals surface area contributed by atoms with Crippen LogP contribution in [0, 0.1) is 19.7 Å². The fourth-order valence-electron chi connectivity index (χ4n) is 3.08. The lowest BCUT2D eigenvalue weighted by molar-refractivity contribution is -0.137. The summed E-state index contributed by atoms with van der Waals surface area (Å²) in [5.74, 6) is -1.76. The van der Waals surface area contributed by atoms with Crippen molar-refractivity contribution in [2.75, 3.05) is 12.0 Å². The van der Waals surface area contributed by atoms with Gasteiger partial charge in [0, 0.05) is 5.56 Å². The number of benzene rings is 2. The first-order valence-corrected chi connectivity index (χ1v) is 8.48. The second kappa shape index (κ2) is 7.23. The number of hydrogen-bond acceptors (Lipinski definition) is 4. The molecule has 0 atom stereocenters. The number of carbonyl (C=O) groups excluding carboxylic acids is 2. The topological polar surface area (TPSA) is 66.8 Å². The van der Waals surface area contributed by atoms with E-state index in [9.17, 15) is 19.1 Å². The molecule has 1 aliphatic heterocycles. The second-order valence-electron chi connectivity index (χ2n) is 6.58. The van der Waals surface area contributed by atoms with Crippen molar-refractivity contribution < 1.29 is 23.8 Å². The summed E-state index contributed by atoms with van der Waals surface area (Å²) in [7, 11) is 1.20. The standard InChI is InChI=1S/C21H20FNO4/c1-12-4-7-15-18(8-12)23(11-14-6-5-13(2)17(22)9-14)19(24)10-16(20(15)25)21(26)27-3/h4-9,25H,10-11H2,1-3H3. The van der Waals surface area contributed by atoms with Crippen molar-refractivity contribution in [2.45, 2.75) is 26.8 Å². The number of halogens is 1. The summed E-state index contributed by atoms with van der Waals surface area (Å²) in [4.78, 5) is 26.4. The van der Waals surface area contributed by atoms with Gasteiger partial charge in [-0.2, -0.15) is 0 Å². The molecule has 1 amide bonds. The number of fused-ring (bicyclic) bond motifs is 1. The van der Waals surface area contributed by atoms with E-state index in [1.807, 2.05) is 6.92 Å². The molecule has 2 aromatic rings. The van der Waals surface area contributed by atoms with Crippen LogP contribution in [0.15, 0.2) is 42.0 Å². The summed E-state index contributed by atoms with van der Waals surface area (Å²) in [6, 6.07) is 9.99. The number of nitrogens with zero attached hydrogens (tertiary/aromatic N) is 1. The van der Waals surface area contributed by atoms with Gasteiger partial charge in [0.15, 0.2) is 0 Å². The van der Waals surface area contributed by atoms with Crippen molar-refractivity contribution in [1.82, 2.24) is 0 Å². The van der Waals surface area contributed by atoms with Gasteiger partial charge in [-0.3, -0.25) is 4.79 Å². The number of anilines is 1. The van der Waals surface area contributed by atoms with E-state index in [-0.39, 0.29) is 36.0 Å². The Morgan fingerprint density at radius 1 is 1.22 bits per heavy atom. The molecule has 1 heterocycles. The van der Waals surface area contributed by atoms with E-state index in [0.717, 1.165) is 5.56 Å². The van der Waals surface area contributed by atoms with Crippen molar-refractivity contribution in [3.8, 4) is 0 Å². The Hall–Kier alpha value is -3.15. The zero-order chi connectivity index (χ0) is 19.7. The maximum atomic E-state index is 13.9. The monoisotopic (exact) mass is 369 g/mol. The first-order valence-electron chi connectivity index (χ1n) is 8.48. The first-order chi connectivity index (χ1) is 12.8. The number of aliphatic hydroxyl groups excluding tert-OH is 1. The predicted octanol–water partition coefficient (Wildman–Crippen LogP) is 3.82. The van der Waals surface area contributed by atoms with Gasteiger partial charge >= 0.3 is 5.97 Å². The van der Waals surface area contributed by atoms with E-state index in [1.165, 1.54) is 18.1 Å². The highest BCUT2D eigenvalue weighted by molar-refractivity contribution is 6.09. The van der Waals surface area contributed by atoms with Gasteiger partial charge in [0.2, 0.25) is 5.91 Å². The highest BCUT2D eigenvalue weighted by Crippen LogP contribution is 2.35. The molecular formula is C21H20FNO4. The van der Waals surface area contributed by atoms with Crippen LogP contribution in [0.4, 0.5) is 10.1 Å². The SMILES string of the molecule is COC(=O)C1=C(O)c2ccc(C)cc2N(Cc2ccc(C)c(F)c2)C(=O)C1. The Morgan fingerprint density at radius 2 is 1.96 bits per heavy atom. The van der Waals surface area contributed by atoms with Crippen LogP contribution >= 0.6 is 0 Å². The minimum Gasteiger partial charge on any atom is -0.507 e. The van der Waals surface area contributed by atoms with Gasteiger partial charge in [-0.05, 0) is 48.7 Å². The number of esters is 1. The Morgan fingerprint density at radius 3 is 2.63 bits per heavy atom. The summed E-state index contributed by atoms with van der Waals surface area (Å²) in [6.45, 7) is 3.65. The van der Waals surface area contributed by atoms with E-state index in [1.54, 1.807) is 37.3 Å². The molecular weight excluding hydrogens is 349 g/mol. The van der Waals surface area contributed by atoms with Gasteiger partial charge in [0.25, 0.3) is 0 Å². The van der Waals surface area contributed by atoms with Crippen molar-refractivity contribution in [2.24, 2.45) is 0 Å². The zero-order valence-electron chi connectivity index (χ0n) is 15.4. The molecule has 140 valence electrons. The average Bonchev–Trinajstić information content (AvgIpc) is 2.74. The summed E-state index contributed by atoms with van der Waals surface area (Å²) in [5.41, 5.74) is 2.75. The zero-order valence-corrected chi connectivity index (χ0v) is 15.4. The predicted molar refractivity (Wildman–Crippen MR) is 99.7 cm³/mol. The average molecular weight is 369 g/mol. The molecule has 0 fully saturated rings. The normalized spacial score (nSPS) is 14.1. The largest absolute Gasteiger partial charge is 0.507 e. The quantitative estimate of drug-likeness (QED) is 0.835. The first kappa shape index (κ1) is 18.6. The fraction of sp³-hybridized carbons (Fsp3) is 0.238. The Kier molecular flexibility index (Phi) is 4.99. The summed E-state index contributed by atoms with van der Waals surface area (Å²) in [5, 5.41) is 10.6. The van der Waals surface area contributed by atoms with Crippen molar-refractivity contribution in [3.05, 3.63) is 70.0 Å². The van der Waals surface area contributed by atoms with Crippen molar-refractivity contribution >= 4 is 23.3 Å². The van der Waals surface area contributed by atoms with E-state index >= 15 is 0 Å². The third-order valence-electron chi connectivity index (χ3n) is 4.62. The maximum Gasteiger partial charge on any atom is 0.338 e. The minimum absolute atomic E-state index is 0.0924. The summed E-state index contributed by atoms with van der Waals surface area (Å²) in [6.07, 6.45) is -0.305. The Labute approximate surface area is 156 Å². The van der Waals surface area contributed by atoms with Crippen molar-refractivity contribution in [1.29, 1.82) is 0 Å².